The Labute approximate surface area is 164 Å². The van der Waals surface area contributed by atoms with E-state index < -0.39 is 0 Å². The van der Waals surface area contributed by atoms with E-state index in [-0.39, 0.29) is 0 Å². The van der Waals surface area contributed by atoms with Gasteiger partial charge in [0.05, 0.1) is 6.20 Å². The lowest BCUT2D eigenvalue weighted by Crippen LogP contribution is -2.10. The fourth-order valence-corrected chi connectivity index (χ4v) is 3.06. The highest BCUT2D eigenvalue weighted by atomic mass is 16.5. The second kappa shape index (κ2) is 7.68. The Morgan fingerprint density at radius 3 is 2.54 bits per heavy atom. The molecule has 0 amide bonds. The molecule has 28 heavy (non-hydrogen) atoms. The lowest BCUT2D eigenvalue weighted by Gasteiger charge is -2.13. The standard InChI is InChI=1S/C22H23N5O/c1-15(2)19-14-24-27-21(19)25-16(3)26-22(27)23-13-17-9-7-8-12-20(17)28-18-10-5-4-6-11-18/h4-12,14-15H,13H2,1-3H3,(H,23,25,26). The second-order valence-corrected chi connectivity index (χ2v) is 6.96. The van der Waals surface area contributed by atoms with Gasteiger partial charge in [0.2, 0.25) is 5.95 Å². The maximum Gasteiger partial charge on any atom is 0.227 e. The van der Waals surface area contributed by atoms with Gasteiger partial charge in [-0.2, -0.15) is 14.6 Å². The number of fused-ring (bicyclic) bond motifs is 1. The van der Waals surface area contributed by atoms with Gasteiger partial charge in [-0.3, -0.25) is 0 Å². The zero-order valence-corrected chi connectivity index (χ0v) is 16.3. The van der Waals surface area contributed by atoms with E-state index in [0.29, 0.717) is 24.2 Å². The summed E-state index contributed by atoms with van der Waals surface area (Å²) in [6.07, 6.45) is 1.87. The highest BCUT2D eigenvalue weighted by Gasteiger charge is 2.14. The molecule has 0 unspecified atom stereocenters. The van der Waals surface area contributed by atoms with Crippen LogP contribution in [0.5, 0.6) is 11.5 Å². The fourth-order valence-electron chi connectivity index (χ4n) is 3.06. The van der Waals surface area contributed by atoms with Gasteiger partial charge < -0.3 is 10.1 Å². The first-order chi connectivity index (χ1) is 13.6. The Morgan fingerprint density at radius 1 is 1.00 bits per heavy atom. The summed E-state index contributed by atoms with van der Waals surface area (Å²) in [5.74, 6) is 3.35. The number of aromatic nitrogens is 4. The summed E-state index contributed by atoms with van der Waals surface area (Å²) >= 11 is 0. The summed E-state index contributed by atoms with van der Waals surface area (Å²) in [6.45, 7) is 6.73. The Bertz CT molecular complexity index is 1090. The SMILES string of the molecule is Cc1nc(NCc2ccccc2Oc2ccccc2)n2ncc(C(C)C)c2n1. The van der Waals surface area contributed by atoms with Crippen molar-refractivity contribution >= 4 is 11.6 Å². The zero-order chi connectivity index (χ0) is 19.5. The normalized spacial score (nSPS) is 11.1. The molecule has 0 aliphatic heterocycles. The maximum absolute atomic E-state index is 6.05. The topological polar surface area (TPSA) is 64.3 Å². The molecule has 2 aromatic carbocycles. The molecule has 4 aromatic rings. The summed E-state index contributed by atoms with van der Waals surface area (Å²) in [4.78, 5) is 9.11. The Balaban J connectivity index is 1.60. The largest absolute Gasteiger partial charge is 0.457 e. The Kier molecular flexibility index (Phi) is 4.93. The van der Waals surface area contributed by atoms with Gasteiger partial charge in [-0.25, -0.2) is 4.98 Å². The predicted molar refractivity (Wildman–Crippen MR) is 110 cm³/mol. The van der Waals surface area contributed by atoms with Crippen LogP contribution in [0.2, 0.25) is 0 Å². The molecule has 0 aliphatic carbocycles. The molecule has 6 heteroatoms. The number of rotatable bonds is 6. The average molecular weight is 373 g/mol. The predicted octanol–water partition coefficient (Wildman–Crippen LogP) is 4.96. The van der Waals surface area contributed by atoms with Gasteiger partial charge in [0.1, 0.15) is 17.3 Å². The van der Waals surface area contributed by atoms with Crippen LogP contribution in [0, 0.1) is 6.92 Å². The number of anilines is 1. The number of para-hydroxylation sites is 2. The molecule has 4 rings (SSSR count). The first-order valence-corrected chi connectivity index (χ1v) is 9.39. The van der Waals surface area contributed by atoms with E-state index in [4.69, 9.17) is 4.74 Å². The maximum atomic E-state index is 6.05. The molecular weight excluding hydrogens is 350 g/mol. The number of nitrogens with zero attached hydrogens (tertiary/aromatic N) is 4. The summed E-state index contributed by atoms with van der Waals surface area (Å²) in [5, 5.41) is 7.87. The van der Waals surface area contributed by atoms with E-state index in [2.05, 4.69) is 34.2 Å². The van der Waals surface area contributed by atoms with E-state index in [1.807, 2.05) is 67.7 Å². The van der Waals surface area contributed by atoms with Crippen LogP contribution in [-0.4, -0.2) is 19.6 Å². The van der Waals surface area contributed by atoms with E-state index in [9.17, 15) is 0 Å². The minimum atomic E-state index is 0.347. The highest BCUT2D eigenvalue weighted by Crippen LogP contribution is 2.26. The second-order valence-electron chi connectivity index (χ2n) is 6.96. The smallest absolute Gasteiger partial charge is 0.227 e. The lowest BCUT2D eigenvalue weighted by molar-refractivity contribution is 0.477. The van der Waals surface area contributed by atoms with Crippen LogP contribution in [0.4, 0.5) is 5.95 Å². The molecule has 0 saturated carbocycles. The number of hydrogen-bond acceptors (Lipinski definition) is 5. The quantitative estimate of drug-likeness (QED) is 0.517. The van der Waals surface area contributed by atoms with Crippen molar-refractivity contribution in [2.24, 2.45) is 0 Å². The molecule has 0 saturated heterocycles. The molecule has 6 nitrogen and oxygen atoms in total. The number of ether oxygens (including phenoxy) is 1. The molecule has 2 heterocycles. The Hall–Kier alpha value is -3.41. The van der Waals surface area contributed by atoms with Crippen LogP contribution in [0.15, 0.2) is 60.8 Å². The molecule has 142 valence electrons. The van der Waals surface area contributed by atoms with Crippen molar-refractivity contribution in [2.45, 2.75) is 33.2 Å². The molecular formula is C22H23N5O. The number of hydrogen-bond donors (Lipinski definition) is 1. The van der Waals surface area contributed by atoms with Crippen LogP contribution in [0.25, 0.3) is 5.65 Å². The van der Waals surface area contributed by atoms with Crippen molar-refractivity contribution in [3.05, 3.63) is 77.7 Å². The average Bonchev–Trinajstić information content (AvgIpc) is 3.12. The van der Waals surface area contributed by atoms with E-state index in [1.54, 1.807) is 4.52 Å². The number of aryl methyl sites for hydroxylation is 1. The number of benzene rings is 2. The molecule has 0 fully saturated rings. The summed E-state index contributed by atoms with van der Waals surface area (Å²) in [6, 6.07) is 17.8. The van der Waals surface area contributed by atoms with Gasteiger partial charge >= 0.3 is 0 Å². The van der Waals surface area contributed by atoms with Gasteiger partial charge in [0, 0.05) is 17.7 Å². The monoisotopic (exact) mass is 373 g/mol. The van der Waals surface area contributed by atoms with E-state index in [1.165, 1.54) is 0 Å². The molecule has 1 N–H and O–H groups in total. The summed E-state index contributed by atoms with van der Waals surface area (Å²) in [7, 11) is 0. The van der Waals surface area contributed by atoms with Crippen molar-refractivity contribution in [3.63, 3.8) is 0 Å². The van der Waals surface area contributed by atoms with Crippen molar-refractivity contribution in [1.29, 1.82) is 0 Å². The minimum absolute atomic E-state index is 0.347. The van der Waals surface area contributed by atoms with E-state index in [0.717, 1.165) is 28.3 Å². The van der Waals surface area contributed by atoms with Crippen molar-refractivity contribution in [3.8, 4) is 11.5 Å². The van der Waals surface area contributed by atoms with Gasteiger partial charge in [0.15, 0.2) is 5.65 Å². The van der Waals surface area contributed by atoms with Crippen LogP contribution >= 0.6 is 0 Å². The van der Waals surface area contributed by atoms with E-state index >= 15 is 0 Å². The lowest BCUT2D eigenvalue weighted by atomic mass is 10.1. The Morgan fingerprint density at radius 2 is 1.75 bits per heavy atom. The number of nitrogens with one attached hydrogen (secondary N) is 1. The van der Waals surface area contributed by atoms with Crippen LogP contribution in [0.1, 0.15) is 36.7 Å². The molecule has 0 bridgehead atoms. The molecule has 0 aliphatic rings. The third-order valence-electron chi connectivity index (χ3n) is 4.51. The van der Waals surface area contributed by atoms with Crippen LogP contribution in [0.3, 0.4) is 0 Å². The third-order valence-corrected chi connectivity index (χ3v) is 4.51. The molecule has 0 radical (unpaired) electrons. The molecule has 2 aromatic heterocycles. The fraction of sp³-hybridized carbons (Fsp3) is 0.227. The third kappa shape index (κ3) is 3.67. The van der Waals surface area contributed by atoms with Gasteiger partial charge in [-0.1, -0.05) is 50.2 Å². The van der Waals surface area contributed by atoms with Crippen molar-refractivity contribution in [1.82, 2.24) is 19.6 Å². The first-order valence-electron chi connectivity index (χ1n) is 9.39. The van der Waals surface area contributed by atoms with Crippen molar-refractivity contribution in [2.75, 3.05) is 5.32 Å². The molecule has 0 spiro atoms. The summed E-state index contributed by atoms with van der Waals surface area (Å²) in [5.41, 5.74) is 2.99. The van der Waals surface area contributed by atoms with Gasteiger partial charge in [-0.15, -0.1) is 0 Å². The van der Waals surface area contributed by atoms with Gasteiger partial charge in [-0.05, 0) is 31.0 Å². The first kappa shape index (κ1) is 18.0. The molecule has 0 atom stereocenters. The van der Waals surface area contributed by atoms with Crippen molar-refractivity contribution < 1.29 is 4.74 Å². The van der Waals surface area contributed by atoms with Crippen LogP contribution < -0.4 is 10.1 Å². The summed E-state index contributed by atoms with van der Waals surface area (Å²) < 4.78 is 7.82. The van der Waals surface area contributed by atoms with Gasteiger partial charge in [0.25, 0.3) is 0 Å². The zero-order valence-electron chi connectivity index (χ0n) is 16.3. The highest BCUT2D eigenvalue weighted by molar-refractivity contribution is 5.52. The minimum Gasteiger partial charge on any atom is -0.457 e. The van der Waals surface area contributed by atoms with Crippen LogP contribution in [-0.2, 0) is 6.54 Å².